The van der Waals surface area contributed by atoms with Gasteiger partial charge in [0.25, 0.3) is 11.6 Å². The molecular weight excluding hydrogens is 359 g/mol. The first-order valence-electron chi connectivity index (χ1n) is 7.76. The lowest BCUT2D eigenvalue weighted by Gasteiger charge is -2.07. The van der Waals surface area contributed by atoms with E-state index in [1.54, 1.807) is 0 Å². The third-order valence-electron chi connectivity index (χ3n) is 3.60. The van der Waals surface area contributed by atoms with Crippen molar-refractivity contribution in [1.82, 2.24) is 5.32 Å². The van der Waals surface area contributed by atoms with Gasteiger partial charge in [-0.3, -0.25) is 24.5 Å². The average Bonchev–Trinajstić information content (AvgIpc) is 2.64. The molecule has 0 aliphatic carbocycles. The summed E-state index contributed by atoms with van der Waals surface area (Å²) in [6, 6.07) is 9.15. The van der Waals surface area contributed by atoms with Crippen molar-refractivity contribution in [3.05, 3.63) is 75.1 Å². The van der Waals surface area contributed by atoms with Gasteiger partial charge in [0, 0.05) is 17.2 Å². The van der Waals surface area contributed by atoms with Crippen LogP contribution < -0.4 is 5.32 Å². The molecule has 2 aromatic carbocycles. The zero-order valence-electron chi connectivity index (χ0n) is 14.2. The number of nitro benzene ring substituents is 1. The van der Waals surface area contributed by atoms with Gasteiger partial charge in [0.2, 0.25) is 5.78 Å². The minimum atomic E-state index is -0.908. The summed E-state index contributed by atoms with van der Waals surface area (Å²) in [4.78, 5) is 45.7. The Morgan fingerprint density at radius 2 is 1.89 bits per heavy atom. The first-order chi connectivity index (χ1) is 12.8. The number of carbonyl (C=O) groups is 3. The Labute approximate surface area is 153 Å². The summed E-state index contributed by atoms with van der Waals surface area (Å²) in [7, 11) is 0. The second-order valence-electron chi connectivity index (χ2n) is 5.50. The van der Waals surface area contributed by atoms with E-state index in [4.69, 9.17) is 4.74 Å². The summed E-state index contributed by atoms with van der Waals surface area (Å²) in [6.45, 7) is 0.327. The van der Waals surface area contributed by atoms with Gasteiger partial charge in [-0.05, 0) is 19.1 Å². The molecule has 2 rings (SSSR count). The maximum absolute atomic E-state index is 13.5. The molecule has 1 amide bonds. The number of aryl methyl sites for hydroxylation is 1. The number of amides is 1. The number of nitro groups is 1. The Kier molecular flexibility index (Phi) is 6.32. The molecular formula is C18H15FN2O6. The summed E-state index contributed by atoms with van der Waals surface area (Å²) in [6.07, 6.45) is 0. The van der Waals surface area contributed by atoms with E-state index in [0.29, 0.717) is 5.56 Å². The van der Waals surface area contributed by atoms with Gasteiger partial charge in [-0.2, -0.15) is 0 Å². The van der Waals surface area contributed by atoms with Crippen molar-refractivity contribution in [2.75, 3.05) is 13.2 Å². The Morgan fingerprint density at radius 3 is 2.56 bits per heavy atom. The minimum Gasteiger partial charge on any atom is -0.456 e. The quantitative estimate of drug-likeness (QED) is 0.344. The third kappa shape index (κ3) is 5.18. The van der Waals surface area contributed by atoms with Crippen LogP contribution in [0.1, 0.15) is 26.3 Å². The number of ether oxygens (including phenoxy) is 1. The molecule has 0 aliphatic rings. The van der Waals surface area contributed by atoms with E-state index >= 15 is 0 Å². The van der Waals surface area contributed by atoms with E-state index in [0.717, 1.165) is 12.1 Å². The van der Waals surface area contributed by atoms with E-state index in [2.05, 4.69) is 5.32 Å². The highest BCUT2D eigenvalue weighted by molar-refractivity contribution is 5.99. The number of hydrogen-bond donors (Lipinski definition) is 1. The molecule has 0 fully saturated rings. The van der Waals surface area contributed by atoms with Crippen LogP contribution in [-0.2, 0) is 9.53 Å². The van der Waals surface area contributed by atoms with Crippen molar-refractivity contribution in [3.8, 4) is 0 Å². The van der Waals surface area contributed by atoms with Crippen LogP contribution in [0, 0.1) is 22.9 Å². The van der Waals surface area contributed by atoms with Crippen LogP contribution in [0.15, 0.2) is 42.5 Å². The molecule has 0 atom stereocenters. The lowest BCUT2D eigenvalue weighted by molar-refractivity contribution is -0.385. The first-order valence-corrected chi connectivity index (χ1v) is 7.76. The van der Waals surface area contributed by atoms with Gasteiger partial charge in [0.05, 0.1) is 10.5 Å². The van der Waals surface area contributed by atoms with Crippen molar-refractivity contribution < 1.29 is 28.4 Å². The number of hydrogen-bond acceptors (Lipinski definition) is 6. The summed E-state index contributed by atoms with van der Waals surface area (Å²) in [5.74, 6) is -3.08. The standard InChI is InChI=1S/C18H15FN2O6/c1-11-6-7-12(8-15(11)21(25)26)16(22)10-27-17(23)9-20-18(24)13-4-2-3-5-14(13)19/h2-8H,9-10H2,1H3,(H,20,24). The van der Waals surface area contributed by atoms with Crippen LogP contribution in [0.2, 0.25) is 0 Å². The molecule has 0 saturated carbocycles. The monoisotopic (exact) mass is 374 g/mol. The molecule has 140 valence electrons. The van der Waals surface area contributed by atoms with E-state index in [-0.39, 0.29) is 16.8 Å². The largest absolute Gasteiger partial charge is 0.456 e. The highest BCUT2D eigenvalue weighted by Gasteiger charge is 2.17. The van der Waals surface area contributed by atoms with Crippen LogP contribution in [0.25, 0.3) is 0 Å². The summed E-state index contributed by atoms with van der Waals surface area (Å²) >= 11 is 0. The molecule has 1 N–H and O–H groups in total. The maximum Gasteiger partial charge on any atom is 0.325 e. The Hall–Kier alpha value is -3.62. The van der Waals surface area contributed by atoms with E-state index in [1.807, 2.05) is 0 Å². The number of carbonyl (C=O) groups excluding carboxylic acids is 3. The maximum atomic E-state index is 13.5. The number of Topliss-reactive ketones (excluding diaryl/α,β-unsaturated/α-hetero) is 1. The second-order valence-corrected chi connectivity index (χ2v) is 5.50. The molecule has 0 heterocycles. The molecule has 27 heavy (non-hydrogen) atoms. The summed E-state index contributed by atoms with van der Waals surface area (Å²) in [5, 5.41) is 13.1. The number of halogens is 1. The molecule has 0 radical (unpaired) electrons. The lowest BCUT2D eigenvalue weighted by Crippen LogP contribution is -2.32. The third-order valence-corrected chi connectivity index (χ3v) is 3.60. The molecule has 8 nitrogen and oxygen atoms in total. The topological polar surface area (TPSA) is 116 Å². The van der Waals surface area contributed by atoms with Gasteiger partial charge in [0.15, 0.2) is 6.61 Å². The van der Waals surface area contributed by atoms with Crippen molar-refractivity contribution in [2.45, 2.75) is 6.92 Å². The minimum absolute atomic E-state index is 0.0236. The molecule has 9 heteroatoms. The van der Waals surface area contributed by atoms with Crippen LogP contribution >= 0.6 is 0 Å². The zero-order chi connectivity index (χ0) is 20.0. The molecule has 2 aromatic rings. The highest BCUT2D eigenvalue weighted by atomic mass is 19.1. The summed E-state index contributed by atoms with van der Waals surface area (Å²) in [5.41, 5.74) is -0.0300. The normalized spacial score (nSPS) is 10.1. The van der Waals surface area contributed by atoms with Crippen LogP contribution in [0.3, 0.4) is 0 Å². The number of ketones is 1. The van der Waals surface area contributed by atoms with Gasteiger partial charge in [0.1, 0.15) is 12.4 Å². The van der Waals surface area contributed by atoms with Crippen molar-refractivity contribution in [3.63, 3.8) is 0 Å². The zero-order valence-corrected chi connectivity index (χ0v) is 14.2. The van der Waals surface area contributed by atoms with E-state index in [9.17, 15) is 28.9 Å². The highest BCUT2D eigenvalue weighted by Crippen LogP contribution is 2.19. The molecule has 0 saturated heterocycles. The van der Waals surface area contributed by atoms with Crippen LogP contribution in [0.4, 0.5) is 10.1 Å². The fraction of sp³-hybridized carbons (Fsp3) is 0.167. The smallest absolute Gasteiger partial charge is 0.325 e. The number of benzene rings is 2. The van der Waals surface area contributed by atoms with Crippen LogP contribution in [-0.4, -0.2) is 35.7 Å². The molecule has 0 aliphatic heterocycles. The first kappa shape index (κ1) is 19.7. The van der Waals surface area contributed by atoms with Crippen molar-refractivity contribution in [2.24, 2.45) is 0 Å². The predicted octanol–water partition coefficient (Wildman–Crippen LogP) is 2.20. The Morgan fingerprint density at radius 1 is 1.19 bits per heavy atom. The van der Waals surface area contributed by atoms with Crippen molar-refractivity contribution >= 4 is 23.3 Å². The number of nitrogens with one attached hydrogen (secondary N) is 1. The van der Waals surface area contributed by atoms with E-state index < -0.39 is 41.6 Å². The van der Waals surface area contributed by atoms with Gasteiger partial charge < -0.3 is 10.1 Å². The Bertz CT molecular complexity index is 912. The molecule has 0 unspecified atom stereocenters. The van der Waals surface area contributed by atoms with Crippen molar-refractivity contribution in [1.29, 1.82) is 0 Å². The molecule has 0 spiro atoms. The van der Waals surface area contributed by atoms with Gasteiger partial charge in [-0.1, -0.05) is 24.3 Å². The Balaban J connectivity index is 1.87. The number of rotatable bonds is 7. The average molecular weight is 374 g/mol. The van der Waals surface area contributed by atoms with Gasteiger partial charge >= 0.3 is 5.97 Å². The number of nitrogens with zero attached hydrogens (tertiary/aromatic N) is 1. The van der Waals surface area contributed by atoms with Gasteiger partial charge in [-0.15, -0.1) is 0 Å². The molecule has 0 bridgehead atoms. The lowest BCUT2D eigenvalue weighted by atomic mass is 10.1. The van der Waals surface area contributed by atoms with Gasteiger partial charge in [-0.25, -0.2) is 4.39 Å². The van der Waals surface area contributed by atoms with Crippen LogP contribution in [0.5, 0.6) is 0 Å². The predicted molar refractivity (Wildman–Crippen MR) is 91.9 cm³/mol. The van der Waals surface area contributed by atoms with E-state index in [1.165, 1.54) is 37.3 Å². The number of esters is 1. The second kappa shape index (κ2) is 8.65. The SMILES string of the molecule is Cc1ccc(C(=O)COC(=O)CNC(=O)c2ccccc2F)cc1[N+](=O)[O-]. The fourth-order valence-corrected chi connectivity index (χ4v) is 2.15. The summed E-state index contributed by atoms with van der Waals surface area (Å²) < 4.78 is 18.2. The molecule has 0 aromatic heterocycles. The fourth-order valence-electron chi connectivity index (χ4n) is 2.15.